The zero-order chi connectivity index (χ0) is 28.6. The van der Waals surface area contributed by atoms with Crippen LogP contribution in [0.15, 0.2) is 109 Å². The van der Waals surface area contributed by atoms with Crippen LogP contribution in [-0.4, -0.2) is 50.2 Å². The fourth-order valence-corrected chi connectivity index (χ4v) is 3.40. The third-order valence-corrected chi connectivity index (χ3v) is 5.48. The van der Waals surface area contributed by atoms with Crippen LogP contribution in [-0.2, 0) is 4.74 Å². The van der Waals surface area contributed by atoms with Crippen molar-refractivity contribution in [1.29, 1.82) is 0 Å². The average Bonchev–Trinajstić information content (AvgIpc) is 3.01. The Balaban J connectivity index is 0.000000253. The normalized spacial score (nSPS) is 11.4. The van der Waals surface area contributed by atoms with Crippen LogP contribution in [0.3, 0.4) is 0 Å². The van der Waals surface area contributed by atoms with Crippen molar-refractivity contribution in [2.75, 3.05) is 28.4 Å². The molecule has 7 heteroatoms. The summed E-state index contributed by atoms with van der Waals surface area (Å²) in [4.78, 5) is 24.1. The summed E-state index contributed by atoms with van der Waals surface area (Å²) in [6.45, 7) is 0. The zero-order valence-electron chi connectivity index (χ0n) is 22.5. The standard InChI is InChI=1S/C16H16O4.C14H12O2.C2H6O/c1-19-13-7-3-11(4-8-13)15(17)16(18)12-5-9-14(20-2)10-6-12;15-13(11-7-3-1-4-8-11)14(16)12-9-5-2-6-10-12;1-3-2/h3-10,15,17H,1-2H3;1-10,13,15H;1-2H3. The highest BCUT2D eigenvalue weighted by atomic mass is 16.5. The maximum absolute atomic E-state index is 12.2. The Morgan fingerprint density at radius 2 is 0.846 bits per heavy atom. The summed E-state index contributed by atoms with van der Waals surface area (Å²) in [5.41, 5.74) is 2.12. The predicted molar refractivity (Wildman–Crippen MR) is 150 cm³/mol. The molecule has 0 saturated heterocycles. The molecule has 0 aromatic heterocycles. The zero-order valence-corrected chi connectivity index (χ0v) is 22.5. The monoisotopic (exact) mass is 530 g/mol. The second-order valence-electron chi connectivity index (χ2n) is 8.22. The van der Waals surface area contributed by atoms with Gasteiger partial charge in [-0.15, -0.1) is 0 Å². The van der Waals surface area contributed by atoms with Crippen LogP contribution in [0.2, 0.25) is 0 Å². The minimum absolute atomic E-state index is 0.271. The lowest BCUT2D eigenvalue weighted by Gasteiger charge is -2.11. The van der Waals surface area contributed by atoms with E-state index in [4.69, 9.17) is 9.47 Å². The van der Waals surface area contributed by atoms with Crippen LogP contribution in [0.4, 0.5) is 0 Å². The highest BCUT2D eigenvalue weighted by Gasteiger charge is 2.19. The quantitative estimate of drug-likeness (QED) is 0.291. The number of Topliss-reactive ketones (excluding diaryl/α,β-unsaturated/α-hetero) is 2. The average molecular weight is 531 g/mol. The Morgan fingerprint density at radius 1 is 0.513 bits per heavy atom. The molecule has 4 aromatic rings. The van der Waals surface area contributed by atoms with Crippen molar-refractivity contribution in [2.45, 2.75) is 12.2 Å². The Morgan fingerprint density at radius 3 is 1.26 bits per heavy atom. The minimum Gasteiger partial charge on any atom is -0.497 e. The van der Waals surface area contributed by atoms with Crippen LogP contribution in [0.5, 0.6) is 11.5 Å². The van der Waals surface area contributed by atoms with Gasteiger partial charge in [0.2, 0.25) is 0 Å². The van der Waals surface area contributed by atoms with E-state index < -0.39 is 12.2 Å². The number of ether oxygens (including phenoxy) is 3. The van der Waals surface area contributed by atoms with E-state index in [9.17, 15) is 19.8 Å². The van der Waals surface area contributed by atoms with Crippen LogP contribution < -0.4 is 9.47 Å². The molecule has 0 aliphatic rings. The first-order valence-electron chi connectivity index (χ1n) is 12.1. The van der Waals surface area contributed by atoms with Gasteiger partial charge in [0.15, 0.2) is 11.6 Å². The van der Waals surface area contributed by atoms with E-state index in [-0.39, 0.29) is 11.6 Å². The first-order valence-corrected chi connectivity index (χ1v) is 12.1. The van der Waals surface area contributed by atoms with Gasteiger partial charge in [-0.1, -0.05) is 72.8 Å². The summed E-state index contributed by atoms with van der Waals surface area (Å²) < 4.78 is 14.3. The largest absolute Gasteiger partial charge is 0.497 e. The Labute approximate surface area is 229 Å². The number of rotatable bonds is 8. The van der Waals surface area contributed by atoms with E-state index in [1.165, 1.54) is 0 Å². The van der Waals surface area contributed by atoms with Gasteiger partial charge in [-0.2, -0.15) is 0 Å². The van der Waals surface area contributed by atoms with Gasteiger partial charge in [0.05, 0.1) is 14.2 Å². The van der Waals surface area contributed by atoms with Gasteiger partial charge in [-0.25, -0.2) is 0 Å². The lowest BCUT2D eigenvalue weighted by atomic mass is 10.00. The summed E-state index contributed by atoms with van der Waals surface area (Å²) in [5.74, 6) is 0.725. The number of aliphatic hydroxyl groups is 2. The van der Waals surface area contributed by atoms with Gasteiger partial charge in [-0.3, -0.25) is 9.59 Å². The second-order valence-corrected chi connectivity index (χ2v) is 8.22. The van der Waals surface area contributed by atoms with Crippen molar-refractivity contribution in [3.8, 4) is 11.5 Å². The number of hydrogen-bond acceptors (Lipinski definition) is 7. The highest BCUT2D eigenvalue weighted by Crippen LogP contribution is 2.22. The first kappa shape index (κ1) is 30.9. The third kappa shape index (κ3) is 9.50. The highest BCUT2D eigenvalue weighted by molar-refractivity contribution is 6.00. The third-order valence-electron chi connectivity index (χ3n) is 5.48. The molecule has 0 heterocycles. The molecule has 0 spiro atoms. The molecule has 39 heavy (non-hydrogen) atoms. The number of carbonyl (C=O) groups excluding carboxylic acids is 2. The second kappa shape index (κ2) is 16.5. The first-order chi connectivity index (χ1) is 18.9. The van der Waals surface area contributed by atoms with Crippen molar-refractivity contribution in [3.05, 3.63) is 131 Å². The molecule has 7 nitrogen and oxygen atoms in total. The van der Waals surface area contributed by atoms with Crippen LogP contribution >= 0.6 is 0 Å². The minimum atomic E-state index is -1.19. The van der Waals surface area contributed by atoms with Crippen LogP contribution in [0.25, 0.3) is 0 Å². The maximum atomic E-state index is 12.2. The molecule has 4 rings (SSSR count). The lowest BCUT2D eigenvalue weighted by Crippen LogP contribution is -2.12. The molecule has 0 aliphatic heterocycles. The van der Waals surface area contributed by atoms with E-state index in [0.717, 1.165) is 0 Å². The molecule has 204 valence electrons. The van der Waals surface area contributed by atoms with Gasteiger partial charge >= 0.3 is 0 Å². The Bertz CT molecular complexity index is 1260. The van der Waals surface area contributed by atoms with Gasteiger partial charge < -0.3 is 24.4 Å². The van der Waals surface area contributed by atoms with Crippen molar-refractivity contribution in [3.63, 3.8) is 0 Å². The number of methoxy groups -OCH3 is 3. The molecule has 0 radical (unpaired) electrons. The molecule has 0 bridgehead atoms. The van der Waals surface area contributed by atoms with Crippen LogP contribution in [0, 0.1) is 0 Å². The Hall–Kier alpha value is -4.30. The molecule has 2 atom stereocenters. The SMILES string of the molecule is COC.COc1ccc(C(=O)C(O)c2ccc(OC)cc2)cc1.O=C(c1ccccc1)C(O)c1ccccc1. The lowest BCUT2D eigenvalue weighted by molar-refractivity contribution is 0.0743. The van der Waals surface area contributed by atoms with Crippen LogP contribution in [0.1, 0.15) is 44.1 Å². The maximum Gasteiger partial charge on any atom is 0.195 e. The molecule has 4 aromatic carbocycles. The van der Waals surface area contributed by atoms with Crippen molar-refractivity contribution >= 4 is 11.6 Å². The van der Waals surface area contributed by atoms with Crippen molar-refractivity contribution < 1.29 is 34.0 Å². The Kier molecular flexibility index (Phi) is 13.1. The predicted octanol–water partition coefficient (Wildman–Crippen LogP) is 5.49. The fourth-order valence-electron chi connectivity index (χ4n) is 3.40. The number of hydrogen-bond donors (Lipinski definition) is 2. The number of ketones is 2. The van der Waals surface area contributed by atoms with Gasteiger partial charge in [0.25, 0.3) is 0 Å². The van der Waals surface area contributed by atoms with Crippen molar-refractivity contribution in [2.24, 2.45) is 0 Å². The molecule has 0 fully saturated rings. The molecule has 0 amide bonds. The van der Waals surface area contributed by atoms with E-state index in [0.29, 0.717) is 33.8 Å². The van der Waals surface area contributed by atoms with E-state index in [1.54, 1.807) is 126 Å². The molecule has 2 N–H and O–H groups in total. The number of aliphatic hydroxyl groups excluding tert-OH is 2. The van der Waals surface area contributed by atoms with Gasteiger partial charge in [0.1, 0.15) is 23.7 Å². The molecule has 0 saturated carbocycles. The summed E-state index contributed by atoms with van der Waals surface area (Å²) in [5, 5.41) is 20.0. The summed E-state index contributed by atoms with van der Waals surface area (Å²) in [7, 11) is 6.37. The molecular weight excluding hydrogens is 496 g/mol. The number of benzene rings is 4. The van der Waals surface area contributed by atoms with E-state index in [2.05, 4.69) is 4.74 Å². The molecular formula is C32H34O7. The van der Waals surface area contributed by atoms with E-state index in [1.807, 2.05) is 12.1 Å². The molecule has 2 unspecified atom stereocenters. The van der Waals surface area contributed by atoms with Gasteiger partial charge in [0, 0.05) is 25.3 Å². The van der Waals surface area contributed by atoms with Crippen molar-refractivity contribution in [1.82, 2.24) is 0 Å². The van der Waals surface area contributed by atoms with E-state index >= 15 is 0 Å². The fraction of sp³-hybridized carbons (Fsp3) is 0.188. The summed E-state index contributed by atoms with van der Waals surface area (Å²) in [6, 6.07) is 31.2. The smallest absolute Gasteiger partial charge is 0.195 e. The summed E-state index contributed by atoms with van der Waals surface area (Å²) in [6.07, 6.45) is -2.27. The van der Waals surface area contributed by atoms with Gasteiger partial charge in [-0.05, 0) is 47.5 Å². The topological polar surface area (TPSA) is 102 Å². The number of carbonyl (C=O) groups is 2. The molecule has 0 aliphatic carbocycles. The summed E-state index contributed by atoms with van der Waals surface area (Å²) >= 11 is 0.